The van der Waals surface area contributed by atoms with E-state index in [9.17, 15) is 15.2 Å². The molecule has 1 aromatic heterocycles. The molecule has 2 aliphatic rings. The first-order valence-corrected chi connectivity index (χ1v) is 8.21. The Bertz CT molecular complexity index is 1040. The van der Waals surface area contributed by atoms with Crippen LogP contribution in [-0.2, 0) is 12.0 Å². The Morgan fingerprint density at radius 1 is 1.44 bits per heavy atom. The summed E-state index contributed by atoms with van der Waals surface area (Å²) in [4.78, 5) is 12.4. The summed E-state index contributed by atoms with van der Waals surface area (Å²) in [6.45, 7) is -0.172. The molecule has 2 aliphatic heterocycles. The molecule has 25 heavy (non-hydrogen) atoms. The van der Waals surface area contributed by atoms with Gasteiger partial charge >= 0.3 is 0 Å². The molecule has 1 unspecified atom stereocenters. The van der Waals surface area contributed by atoms with Gasteiger partial charge in [-0.05, 0) is 23.8 Å². The highest BCUT2D eigenvalue weighted by Gasteiger charge is 2.53. The zero-order valence-electron chi connectivity index (χ0n) is 12.8. The summed E-state index contributed by atoms with van der Waals surface area (Å²) in [6, 6.07) is 8.83. The van der Waals surface area contributed by atoms with Gasteiger partial charge in [-0.2, -0.15) is 5.26 Å². The number of nitrogens with two attached hydrogens (primary N) is 1. The SMILES string of the molecule is N#CC1=C(N)Oc2c(oc(CO)cc2=O)C12CNc1ccc(Br)cc12. The number of benzene rings is 1. The maximum absolute atomic E-state index is 12.4. The summed E-state index contributed by atoms with van der Waals surface area (Å²) >= 11 is 3.43. The molecule has 8 heteroatoms. The summed E-state index contributed by atoms with van der Waals surface area (Å²) in [5, 5.41) is 22.4. The molecule has 0 saturated heterocycles. The fourth-order valence-corrected chi connectivity index (χ4v) is 3.75. The molecular weight excluding hydrogens is 390 g/mol. The molecule has 0 fully saturated rings. The molecule has 0 saturated carbocycles. The first kappa shape index (κ1) is 15.7. The van der Waals surface area contributed by atoms with Gasteiger partial charge in [0.05, 0.1) is 0 Å². The second kappa shape index (κ2) is 5.37. The van der Waals surface area contributed by atoms with Gasteiger partial charge in [-0.15, -0.1) is 0 Å². The maximum atomic E-state index is 12.4. The van der Waals surface area contributed by atoms with Gasteiger partial charge in [-0.25, -0.2) is 0 Å². The maximum Gasteiger partial charge on any atom is 0.228 e. The van der Waals surface area contributed by atoms with Crippen LogP contribution in [0.3, 0.4) is 0 Å². The number of nitrogens with zero attached hydrogens (tertiary/aromatic N) is 1. The third kappa shape index (κ3) is 2.03. The van der Waals surface area contributed by atoms with Crippen molar-refractivity contribution in [2.75, 3.05) is 11.9 Å². The summed E-state index contributed by atoms with van der Waals surface area (Å²) in [7, 11) is 0. The highest BCUT2D eigenvalue weighted by atomic mass is 79.9. The van der Waals surface area contributed by atoms with Crippen LogP contribution < -0.4 is 21.2 Å². The Morgan fingerprint density at radius 2 is 2.24 bits per heavy atom. The Morgan fingerprint density at radius 3 is 2.96 bits per heavy atom. The Kier molecular flexibility index (Phi) is 3.39. The number of hydrogen-bond donors (Lipinski definition) is 3. The van der Waals surface area contributed by atoms with Gasteiger partial charge in [0.15, 0.2) is 5.76 Å². The van der Waals surface area contributed by atoms with Crippen molar-refractivity contribution < 1.29 is 14.3 Å². The van der Waals surface area contributed by atoms with E-state index in [-0.39, 0.29) is 35.3 Å². The smallest absolute Gasteiger partial charge is 0.228 e. The first-order chi connectivity index (χ1) is 12.0. The van der Waals surface area contributed by atoms with Crippen molar-refractivity contribution in [3.8, 4) is 11.8 Å². The Hall–Kier alpha value is -2.76. The Labute approximate surface area is 150 Å². The average molecular weight is 402 g/mol. The van der Waals surface area contributed by atoms with Crippen LogP contribution >= 0.6 is 15.9 Å². The third-order valence-electron chi connectivity index (χ3n) is 4.48. The van der Waals surface area contributed by atoms with Gasteiger partial charge in [0, 0.05) is 22.8 Å². The van der Waals surface area contributed by atoms with Crippen molar-refractivity contribution in [1.29, 1.82) is 5.26 Å². The van der Waals surface area contributed by atoms with Crippen LogP contribution in [0.25, 0.3) is 0 Å². The van der Waals surface area contributed by atoms with Crippen LogP contribution in [0.4, 0.5) is 5.69 Å². The Balaban J connectivity index is 2.13. The highest BCUT2D eigenvalue weighted by molar-refractivity contribution is 9.10. The van der Waals surface area contributed by atoms with Crippen molar-refractivity contribution in [3.63, 3.8) is 0 Å². The first-order valence-electron chi connectivity index (χ1n) is 7.41. The molecule has 1 aromatic carbocycles. The zero-order chi connectivity index (χ0) is 17.8. The van der Waals surface area contributed by atoms with E-state index in [0.29, 0.717) is 0 Å². The van der Waals surface area contributed by atoms with Crippen LogP contribution in [-0.4, -0.2) is 11.7 Å². The predicted octanol–water partition coefficient (Wildman–Crippen LogP) is 1.69. The molecule has 7 nitrogen and oxygen atoms in total. The molecule has 126 valence electrons. The van der Waals surface area contributed by atoms with Crippen molar-refractivity contribution in [2.24, 2.45) is 5.73 Å². The standard InChI is InChI=1S/C17H12BrN3O4/c18-8-1-2-12-10(3-8)17(7-21-12)11(5-19)16(20)25-14-13(23)4-9(6-22)24-15(14)17/h1-4,21-22H,6-7,20H2. The number of nitrogens with one attached hydrogen (secondary N) is 1. The van der Waals surface area contributed by atoms with Crippen LogP contribution in [0.5, 0.6) is 5.75 Å². The summed E-state index contributed by atoms with van der Waals surface area (Å²) in [5.74, 6) is 0.0593. The van der Waals surface area contributed by atoms with Gasteiger partial charge in [0.1, 0.15) is 29.4 Å². The van der Waals surface area contributed by atoms with E-state index in [4.69, 9.17) is 14.9 Å². The molecule has 3 heterocycles. The minimum atomic E-state index is -1.10. The summed E-state index contributed by atoms with van der Waals surface area (Å²) < 4.78 is 12.0. The lowest BCUT2D eigenvalue weighted by atomic mass is 9.72. The largest absolute Gasteiger partial charge is 0.458 e. The minimum absolute atomic E-state index is 0.0664. The molecule has 4 N–H and O–H groups in total. The fourth-order valence-electron chi connectivity index (χ4n) is 3.39. The van der Waals surface area contributed by atoms with Gasteiger partial charge < -0.3 is 25.3 Å². The quantitative estimate of drug-likeness (QED) is 0.664. The second-order valence-electron chi connectivity index (χ2n) is 5.80. The van der Waals surface area contributed by atoms with E-state index >= 15 is 0 Å². The average Bonchev–Trinajstić information content (AvgIpc) is 2.95. The van der Waals surface area contributed by atoms with E-state index in [1.807, 2.05) is 18.2 Å². The predicted molar refractivity (Wildman–Crippen MR) is 91.8 cm³/mol. The highest BCUT2D eigenvalue weighted by Crippen LogP contribution is 2.52. The molecule has 0 bridgehead atoms. The lowest BCUT2D eigenvalue weighted by molar-refractivity contribution is 0.224. The molecule has 0 aliphatic carbocycles. The molecular formula is C17H12BrN3O4. The normalized spacial score (nSPS) is 20.5. The van der Waals surface area contributed by atoms with Crippen LogP contribution in [0.15, 0.2) is 49.4 Å². The number of nitriles is 1. The number of rotatable bonds is 1. The zero-order valence-corrected chi connectivity index (χ0v) is 14.4. The van der Waals surface area contributed by atoms with Gasteiger partial charge in [-0.1, -0.05) is 15.9 Å². The number of fused-ring (bicyclic) bond motifs is 4. The van der Waals surface area contributed by atoms with Crippen molar-refractivity contribution >= 4 is 21.6 Å². The lowest BCUT2D eigenvalue weighted by Crippen LogP contribution is -2.40. The van der Waals surface area contributed by atoms with Gasteiger partial charge in [0.2, 0.25) is 17.1 Å². The number of ether oxygens (including phenoxy) is 1. The van der Waals surface area contributed by atoms with Gasteiger partial charge in [0.25, 0.3) is 0 Å². The van der Waals surface area contributed by atoms with E-state index in [2.05, 4.69) is 27.3 Å². The minimum Gasteiger partial charge on any atom is -0.458 e. The summed E-state index contributed by atoms with van der Waals surface area (Å²) in [6.07, 6.45) is 0. The number of aliphatic hydroxyl groups is 1. The number of anilines is 1. The van der Waals surface area contributed by atoms with E-state index < -0.39 is 17.5 Å². The van der Waals surface area contributed by atoms with Crippen LogP contribution in [0.1, 0.15) is 17.1 Å². The van der Waals surface area contributed by atoms with Crippen molar-refractivity contribution in [1.82, 2.24) is 0 Å². The number of hydrogen-bond acceptors (Lipinski definition) is 7. The number of aliphatic hydroxyl groups excluding tert-OH is 1. The van der Waals surface area contributed by atoms with Crippen LogP contribution in [0, 0.1) is 11.3 Å². The molecule has 0 amide bonds. The topological polar surface area (TPSA) is 122 Å². The lowest BCUT2D eigenvalue weighted by Gasteiger charge is -2.33. The summed E-state index contributed by atoms with van der Waals surface area (Å²) in [5.41, 5.74) is 6.09. The van der Waals surface area contributed by atoms with E-state index in [1.165, 1.54) is 0 Å². The van der Waals surface area contributed by atoms with Crippen molar-refractivity contribution in [3.05, 3.63) is 67.5 Å². The van der Waals surface area contributed by atoms with Crippen molar-refractivity contribution in [2.45, 2.75) is 12.0 Å². The molecule has 2 aromatic rings. The monoisotopic (exact) mass is 401 g/mol. The van der Waals surface area contributed by atoms with Gasteiger partial charge in [-0.3, -0.25) is 4.79 Å². The second-order valence-corrected chi connectivity index (χ2v) is 6.71. The van der Waals surface area contributed by atoms with Crippen LogP contribution in [0.2, 0.25) is 0 Å². The fraction of sp³-hybridized carbons (Fsp3) is 0.176. The molecule has 1 spiro atoms. The van der Waals surface area contributed by atoms with E-state index in [0.717, 1.165) is 21.8 Å². The third-order valence-corrected chi connectivity index (χ3v) is 4.97. The molecule has 4 rings (SSSR count). The molecule has 0 radical (unpaired) electrons. The van der Waals surface area contributed by atoms with E-state index in [1.54, 1.807) is 0 Å². The molecule has 1 atom stereocenters. The number of halogens is 1.